The second-order valence-electron chi connectivity index (χ2n) is 4.58. The lowest BCUT2D eigenvalue weighted by molar-refractivity contribution is -0.128. The van der Waals surface area contributed by atoms with Crippen LogP contribution in [0.15, 0.2) is 5.16 Å². The smallest absolute Gasteiger partial charge is 0.233 e. The molecule has 0 aliphatic rings. The van der Waals surface area contributed by atoms with Gasteiger partial charge in [-0.2, -0.15) is 11.8 Å². The number of rotatable bonds is 10. The first-order chi connectivity index (χ1) is 9.08. The lowest BCUT2D eigenvalue weighted by Gasteiger charge is -2.28. The van der Waals surface area contributed by atoms with E-state index in [0.29, 0.717) is 19.4 Å². The fourth-order valence-corrected chi connectivity index (χ4v) is 2.56. The van der Waals surface area contributed by atoms with Gasteiger partial charge in [-0.15, -0.1) is 0 Å². The first kappa shape index (κ1) is 18.1. The molecule has 0 aliphatic heterocycles. The van der Waals surface area contributed by atoms with Gasteiger partial charge >= 0.3 is 0 Å². The van der Waals surface area contributed by atoms with E-state index < -0.39 is 5.41 Å². The van der Waals surface area contributed by atoms with E-state index in [1.54, 1.807) is 0 Å². The third-order valence-corrected chi connectivity index (χ3v) is 4.25. The minimum Gasteiger partial charge on any atom is -0.409 e. The number of nitrogens with two attached hydrogens (primary N) is 1. The van der Waals surface area contributed by atoms with Gasteiger partial charge in [0.25, 0.3) is 0 Å². The molecule has 0 aliphatic carbocycles. The van der Waals surface area contributed by atoms with Crippen molar-refractivity contribution in [3.8, 4) is 0 Å². The Bertz CT molecular complexity index is 292. The molecule has 0 spiro atoms. The summed E-state index contributed by atoms with van der Waals surface area (Å²) in [5, 5.41) is 14.8. The van der Waals surface area contributed by atoms with Gasteiger partial charge in [-0.3, -0.25) is 4.79 Å². The molecule has 5 nitrogen and oxygen atoms in total. The summed E-state index contributed by atoms with van der Waals surface area (Å²) in [5.74, 6) is 1.02. The molecule has 6 heteroatoms. The highest BCUT2D eigenvalue weighted by atomic mass is 32.2. The second kappa shape index (κ2) is 9.95. The van der Waals surface area contributed by atoms with Crippen molar-refractivity contribution in [1.29, 1.82) is 0 Å². The van der Waals surface area contributed by atoms with Gasteiger partial charge < -0.3 is 16.3 Å². The molecule has 0 atom stereocenters. The van der Waals surface area contributed by atoms with Gasteiger partial charge in [-0.1, -0.05) is 25.4 Å². The van der Waals surface area contributed by atoms with E-state index in [-0.39, 0.29) is 11.7 Å². The van der Waals surface area contributed by atoms with E-state index in [9.17, 15) is 4.79 Å². The average molecular weight is 289 g/mol. The molecule has 0 aromatic carbocycles. The van der Waals surface area contributed by atoms with Crippen molar-refractivity contribution < 1.29 is 10.0 Å². The molecule has 112 valence electrons. The van der Waals surface area contributed by atoms with Crippen LogP contribution in [0.25, 0.3) is 0 Å². The SMILES string of the molecule is CCC(CC)(C(=O)NCCCCCSC)C(N)=NO. The summed E-state index contributed by atoms with van der Waals surface area (Å²) in [5.41, 5.74) is 4.80. The highest BCUT2D eigenvalue weighted by molar-refractivity contribution is 7.98. The summed E-state index contributed by atoms with van der Waals surface area (Å²) in [4.78, 5) is 12.2. The van der Waals surface area contributed by atoms with Gasteiger partial charge in [0, 0.05) is 6.54 Å². The lowest BCUT2D eigenvalue weighted by Crippen LogP contribution is -2.49. The van der Waals surface area contributed by atoms with Gasteiger partial charge in [0.05, 0.1) is 0 Å². The maximum absolute atomic E-state index is 12.2. The van der Waals surface area contributed by atoms with Crippen LogP contribution in [0.4, 0.5) is 0 Å². The molecule has 4 N–H and O–H groups in total. The molecule has 0 rings (SSSR count). The maximum atomic E-state index is 12.2. The van der Waals surface area contributed by atoms with E-state index in [4.69, 9.17) is 10.9 Å². The number of amides is 1. The van der Waals surface area contributed by atoms with E-state index in [1.807, 2.05) is 25.6 Å². The average Bonchev–Trinajstić information content (AvgIpc) is 2.44. The number of carbonyl (C=O) groups excluding carboxylic acids is 1. The van der Waals surface area contributed by atoms with Crippen LogP contribution in [0, 0.1) is 5.41 Å². The largest absolute Gasteiger partial charge is 0.409 e. The first-order valence-electron chi connectivity index (χ1n) is 6.84. The van der Waals surface area contributed by atoms with Gasteiger partial charge in [-0.05, 0) is 37.7 Å². The summed E-state index contributed by atoms with van der Waals surface area (Å²) in [6, 6.07) is 0. The van der Waals surface area contributed by atoms with E-state index in [0.717, 1.165) is 18.6 Å². The summed E-state index contributed by atoms with van der Waals surface area (Å²) in [6.45, 7) is 4.40. The van der Waals surface area contributed by atoms with Crippen molar-refractivity contribution in [2.75, 3.05) is 18.6 Å². The van der Waals surface area contributed by atoms with Gasteiger partial charge in [-0.25, -0.2) is 0 Å². The molecule has 1 amide bonds. The van der Waals surface area contributed by atoms with Crippen molar-refractivity contribution in [1.82, 2.24) is 5.32 Å². The summed E-state index contributed by atoms with van der Waals surface area (Å²) >= 11 is 1.84. The standard InChI is InChI=1S/C13H27N3O2S/c1-4-13(5-2,11(14)16-18)12(17)15-9-7-6-8-10-19-3/h18H,4-10H2,1-3H3,(H2,14,16)(H,15,17). The Balaban J connectivity index is 4.28. The van der Waals surface area contributed by atoms with Crippen LogP contribution in [0.1, 0.15) is 46.0 Å². The molecule has 0 fully saturated rings. The third-order valence-electron chi connectivity index (χ3n) is 3.55. The normalized spacial score (nSPS) is 12.5. The van der Waals surface area contributed by atoms with Gasteiger partial charge in [0.1, 0.15) is 5.41 Å². The molecule has 0 heterocycles. The number of oxime groups is 1. The highest BCUT2D eigenvalue weighted by Crippen LogP contribution is 2.26. The summed E-state index contributed by atoms with van der Waals surface area (Å²) in [7, 11) is 0. The zero-order valence-electron chi connectivity index (χ0n) is 12.2. The minimum absolute atomic E-state index is 0.00242. The number of hydrogen-bond acceptors (Lipinski definition) is 4. The predicted octanol–water partition coefficient (Wildman–Crippen LogP) is 2.19. The Morgan fingerprint density at radius 2 is 1.95 bits per heavy atom. The molecule has 0 radical (unpaired) electrons. The van der Waals surface area contributed by atoms with Crippen LogP contribution in [0.5, 0.6) is 0 Å². The number of unbranched alkanes of at least 4 members (excludes halogenated alkanes) is 2. The molecule has 0 aromatic rings. The topological polar surface area (TPSA) is 87.7 Å². The van der Waals surface area contributed by atoms with Crippen LogP contribution in [-0.2, 0) is 4.79 Å². The van der Waals surface area contributed by atoms with Crippen LogP contribution in [-0.4, -0.2) is 35.5 Å². The molecule has 0 unspecified atom stereocenters. The van der Waals surface area contributed by atoms with Crippen LogP contribution >= 0.6 is 11.8 Å². The van der Waals surface area contributed by atoms with Gasteiger partial charge in [0.15, 0.2) is 5.84 Å². The molecule has 19 heavy (non-hydrogen) atoms. The van der Waals surface area contributed by atoms with Crippen molar-refractivity contribution >= 4 is 23.5 Å². The molecule has 0 saturated heterocycles. The van der Waals surface area contributed by atoms with Crippen molar-refractivity contribution in [2.24, 2.45) is 16.3 Å². The number of amidine groups is 1. The number of thioether (sulfide) groups is 1. The highest BCUT2D eigenvalue weighted by Gasteiger charge is 2.39. The Morgan fingerprint density at radius 3 is 2.42 bits per heavy atom. The second-order valence-corrected chi connectivity index (χ2v) is 5.57. The monoisotopic (exact) mass is 289 g/mol. The number of carbonyl (C=O) groups is 1. The minimum atomic E-state index is -0.881. The Hall–Kier alpha value is -0.910. The van der Waals surface area contributed by atoms with Crippen molar-refractivity contribution in [3.05, 3.63) is 0 Å². The molecular formula is C13H27N3O2S. The van der Waals surface area contributed by atoms with E-state index in [2.05, 4.69) is 16.7 Å². The number of nitrogens with zero attached hydrogens (tertiary/aromatic N) is 1. The first-order valence-corrected chi connectivity index (χ1v) is 8.23. The Kier molecular flexibility index (Phi) is 9.47. The third kappa shape index (κ3) is 5.30. The van der Waals surface area contributed by atoms with Crippen LogP contribution in [0.2, 0.25) is 0 Å². The van der Waals surface area contributed by atoms with Gasteiger partial charge in [0.2, 0.25) is 5.91 Å². The fourth-order valence-electron chi connectivity index (χ4n) is 2.06. The Morgan fingerprint density at radius 1 is 1.32 bits per heavy atom. The summed E-state index contributed by atoms with van der Waals surface area (Å²) in [6.07, 6.45) is 6.39. The number of nitrogens with one attached hydrogen (secondary N) is 1. The number of hydrogen-bond donors (Lipinski definition) is 3. The van der Waals surface area contributed by atoms with Crippen LogP contribution < -0.4 is 11.1 Å². The van der Waals surface area contributed by atoms with Crippen LogP contribution in [0.3, 0.4) is 0 Å². The molecular weight excluding hydrogens is 262 g/mol. The quantitative estimate of drug-likeness (QED) is 0.189. The maximum Gasteiger partial charge on any atom is 0.233 e. The fraction of sp³-hybridized carbons (Fsp3) is 0.846. The van der Waals surface area contributed by atoms with E-state index >= 15 is 0 Å². The van der Waals surface area contributed by atoms with E-state index in [1.165, 1.54) is 6.42 Å². The molecule has 0 bridgehead atoms. The lowest BCUT2D eigenvalue weighted by atomic mass is 9.80. The zero-order valence-corrected chi connectivity index (χ0v) is 13.1. The zero-order chi connectivity index (χ0) is 14.7. The Labute approximate surface area is 120 Å². The predicted molar refractivity (Wildman–Crippen MR) is 81.7 cm³/mol. The molecule has 0 saturated carbocycles. The summed E-state index contributed by atoms with van der Waals surface area (Å²) < 4.78 is 0. The molecule has 0 aromatic heterocycles. The van der Waals surface area contributed by atoms with Crippen molar-refractivity contribution in [3.63, 3.8) is 0 Å². The van der Waals surface area contributed by atoms with Crippen molar-refractivity contribution in [2.45, 2.75) is 46.0 Å².